The highest BCUT2D eigenvalue weighted by Crippen LogP contribution is 2.34. The van der Waals surface area contributed by atoms with Crippen molar-refractivity contribution in [1.29, 1.82) is 0 Å². The van der Waals surface area contributed by atoms with Crippen molar-refractivity contribution >= 4 is 15.7 Å². The molecule has 1 fully saturated rings. The number of ether oxygens (including phenoxy) is 1. The summed E-state index contributed by atoms with van der Waals surface area (Å²) >= 11 is 0. The van der Waals surface area contributed by atoms with E-state index in [1.807, 2.05) is 13.0 Å². The number of hydrogen-bond donors (Lipinski definition) is 1. The number of hydrogen-bond acceptors (Lipinski definition) is 4. The Hall–Kier alpha value is -2.25. The number of aryl methyl sites for hydroxylation is 1. The van der Waals surface area contributed by atoms with Gasteiger partial charge in [0.05, 0.1) is 10.6 Å². The molecule has 5 nitrogen and oxygen atoms in total. The van der Waals surface area contributed by atoms with E-state index in [4.69, 9.17) is 4.74 Å². The van der Waals surface area contributed by atoms with Gasteiger partial charge >= 0.3 is 0 Å². The first-order chi connectivity index (χ1) is 13.8. The fourth-order valence-electron chi connectivity index (χ4n) is 3.59. The van der Waals surface area contributed by atoms with Crippen molar-refractivity contribution in [1.82, 2.24) is 5.32 Å². The minimum atomic E-state index is -3.52. The number of nitrogens with one attached hydrogen (secondary N) is 1. The van der Waals surface area contributed by atoms with Crippen LogP contribution in [-0.2, 0) is 24.8 Å². The number of rotatable bonds is 7. The fourth-order valence-corrected chi connectivity index (χ4v) is 4.84. The first-order valence-electron chi connectivity index (χ1n) is 9.71. The normalized spacial score (nSPS) is 16.3. The van der Waals surface area contributed by atoms with E-state index in [-0.39, 0.29) is 28.8 Å². The summed E-state index contributed by atoms with van der Waals surface area (Å²) in [5, 5.41) is 2.86. The number of carbonyl (C=O) groups excluding carboxylic acids is 1. The second kappa shape index (κ2) is 9.05. The smallest absolute Gasteiger partial charge is 0.221 e. The van der Waals surface area contributed by atoms with Crippen LogP contribution in [0.5, 0.6) is 0 Å². The molecule has 1 aliphatic rings. The summed E-state index contributed by atoms with van der Waals surface area (Å²) in [5.41, 5.74) is 1.39. The number of sulfone groups is 1. The quantitative estimate of drug-likeness (QED) is 0.748. The van der Waals surface area contributed by atoms with Crippen LogP contribution in [0.25, 0.3) is 0 Å². The second-order valence-corrected chi connectivity index (χ2v) is 9.67. The molecule has 1 aliphatic heterocycles. The lowest BCUT2D eigenvalue weighted by Crippen LogP contribution is -2.44. The van der Waals surface area contributed by atoms with E-state index in [1.54, 1.807) is 30.3 Å². The summed E-state index contributed by atoms with van der Waals surface area (Å²) < 4.78 is 44.1. The Morgan fingerprint density at radius 3 is 2.48 bits per heavy atom. The van der Waals surface area contributed by atoms with E-state index in [9.17, 15) is 17.6 Å². The Balaban J connectivity index is 1.62. The van der Waals surface area contributed by atoms with Gasteiger partial charge in [0, 0.05) is 31.6 Å². The molecule has 1 N–H and O–H groups in total. The minimum Gasteiger partial charge on any atom is -0.381 e. The molecule has 7 heteroatoms. The summed E-state index contributed by atoms with van der Waals surface area (Å²) in [5.74, 6) is -0.898. The molecule has 2 aromatic carbocycles. The Bertz CT molecular complexity index is 951. The van der Waals surface area contributed by atoms with Crippen LogP contribution in [0.3, 0.4) is 0 Å². The molecule has 0 radical (unpaired) electrons. The average molecular weight is 420 g/mol. The van der Waals surface area contributed by atoms with Gasteiger partial charge in [0.15, 0.2) is 9.84 Å². The maximum absolute atomic E-state index is 13.7. The molecule has 3 rings (SSSR count). The van der Waals surface area contributed by atoms with Gasteiger partial charge in [-0.25, -0.2) is 12.8 Å². The van der Waals surface area contributed by atoms with Crippen molar-refractivity contribution in [3.8, 4) is 0 Å². The summed E-state index contributed by atoms with van der Waals surface area (Å²) in [6.45, 7) is 3.28. The molecule has 1 heterocycles. The first-order valence-corrected chi connectivity index (χ1v) is 11.4. The molecule has 0 bridgehead atoms. The Morgan fingerprint density at radius 1 is 1.14 bits per heavy atom. The average Bonchev–Trinajstić information content (AvgIpc) is 2.72. The van der Waals surface area contributed by atoms with E-state index in [1.165, 1.54) is 12.1 Å². The van der Waals surface area contributed by atoms with Gasteiger partial charge in [-0.3, -0.25) is 4.79 Å². The molecular formula is C22H26FNO4S. The highest BCUT2D eigenvalue weighted by atomic mass is 32.2. The molecule has 1 amide bonds. The molecule has 0 atom stereocenters. The second-order valence-electron chi connectivity index (χ2n) is 7.56. The largest absolute Gasteiger partial charge is 0.381 e. The molecule has 156 valence electrons. The minimum absolute atomic E-state index is 0.119. The first kappa shape index (κ1) is 21.5. The van der Waals surface area contributed by atoms with E-state index in [2.05, 4.69) is 5.32 Å². The number of halogens is 1. The van der Waals surface area contributed by atoms with Crippen LogP contribution in [0.15, 0.2) is 53.4 Å². The Labute approximate surface area is 171 Å². The van der Waals surface area contributed by atoms with Crippen LogP contribution in [0.1, 0.15) is 30.4 Å². The van der Waals surface area contributed by atoms with Crippen molar-refractivity contribution in [2.75, 3.05) is 25.5 Å². The van der Waals surface area contributed by atoms with Crippen LogP contribution in [0.2, 0.25) is 0 Å². The third-order valence-electron chi connectivity index (χ3n) is 5.49. The summed E-state index contributed by atoms with van der Waals surface area (Å²) in [6.07, 6.45) is 1.21. The van der Waals surface area contributed by atoms with Crippen molar-refractivity contribution in [3.05, 3.63) is 65.5 Å². The number of benzene rings is 2. The third kappa shape index (κ3) is 5.42. The van der Waals surface area contributed by atoms with Crippen molar-refractivity contribution in [2.45, 2.75) is 36.5 Å². The SMILES string of the molecule is Cc1ccc(S(=O)(=O)CCC(=O)NCC2(c3cccc(F)c3)CCOCC2)cc1. The molecule has 0 saturated carbocycles. The van der Waals surface area contributed by atoms with Crippen molar-refractivity contribution in [2.24, 2.45) is 0 Å². The third-order valence-corrected chi connectivity index (χ3v) is 7.22. The Morgan fingerprint density at radius 2 is 1.83 bits per heavy atom. The highest BCUT2D eigenvalue weighted by Gasteiger charge is 2.35. The van der Waals surface area contributed by atoms with Crippen LogP contribution >= 0.6 is 0 Å². The summed E-state index contributed by atoms with van der Waals surface area (Å²) in [7, 11) is -3.52. The molecule has 0 spiro atoms. The lowest BCUT2D eigenvalue weighted by atomic mass is 9.74. The topological polar surface area (TPSA) is 72.5 Å². The van der Waals surface area contributed by atoms with E-state index >= 15 is 0 Å². The lowest BCUT2D eigenvalue weighted by molar-refractivity contribution is -0.121. The molecule has 0 unspecified atom stereocenters. The van der Waals surface area contributed by atoms with Crippen LogP contribution in [0, 0.1) is 12.7 Å². The van der Waals surface area contributed by atoms with Crippen molar-refractivity contribution in [3.63, 3.8) is 0 Å². The van der Waals surface area contributed by atoms with E-state index in [0.717, 1.165) is 11.1 Å². The van der Waals surface area contributed by atoms with Crippen LogP contribution in [-0.4, -0.2) is 39.8 Å². The molecule has 0 aromatic heterocycles. The van der Waals surface area contributed by atoms with Gasteiger partial charge in [-0.05, 0) is 49.6 Å². The van der Waals surface area contributed by atoms with Gasteiger partial charge in [-0.2, -0.15) is 0 Å². The standard InChI is InChI=1S/C22H26FNO4S/c1-17-5-7-20(8-6-17)29(26,27)14-9-21(25)24-16-22(10-12-28-13-11-22)18-3-2-4-19(23)15-18/h2-8,15H,9-14,16H2,1H3,(H,24,25). The summed E-state index contributed by atoms with van der Waals surface area (Å²) in [6, 6.07) is 13.0. The van der Waals surface area contributed by atoms with Crippen LogP contribution < -0.4 is 5.32 Å². The molecule has 29 heavy (non-hydrogen) atoms. The maximum Gasteiger partial charge on any atom is 0.221 e. The maximum atomic E-state index is 13.7. The van der Waals surface area contributed by atoms with Crippen LogP contribution in [0.4, 0.5) is 4.39 Å². The van der Waals surface area contributed by atoms with Gasteiger partial charge < -0.3 is 10.1 Å². The molecule has 1 saturated heterocycles. The zero-order valence-corrected chi connectivity index (χ0v) is 17.3. The van der Waals surface area contributed by atoms with Gasteiger partial charge in [0.2, 0.25) is 5.91 Å². The molecular weight excluding hydrogens is 393 g/mol. The van der Waals surface area contributed by atoms with Gasteiger partial charge in [0.1, 0.15) is 5.82 Å². The Kier molecular flexibility index (Phi) is 6.70. The number of amides is 1. The molecule has 0 aliphatic carbocycles. The lowest BCUT2D eigenvalue weighted by Gasteiger charge is -2.38. The monoisotopic (exact) mass is 419 g/mol. The fraction of sp³-hybridized carbons (Fsp3) is 0.409. The van der Waals surface area contributed by atoms with E-state index in [0.29, 0.717) is 32.6 Å². The van der Waals surface area contributed by atoms with E-state index < -0.39 is 15.3 Å². The van der Waals surface area contributed by atoms with Gasteiger partial charge in [-0.15, -0.1) is 0 Å². The van der Waals surface area contributed by atoms with Gasteiger partial charge in [-0.1, -0.05) is 29.8 Å². The predicted molar refractivity (Wildman–Crippen MR) is 109 cm³/mol. The highest BCUT2D eigenvalue weighted by molar-refractivity contribution is 7.91. The van der Waals surface area contributed by atoms with Crippen molar-refractivity contribution < 1.29 is 22.3 Å². The number of carbonyl (C=O) groups is 1. The zero-order chi connectivity index (χ0) is 20.9. The van der Waals surface area contributed by atoms with Gasteiger partial charge in [0.25, 0.3) is 0 Å². The summed E-state index contributed by atoms with van der Waals surface area (Å²) in [4.78, 5) is 12.6. The zero-order valence-electron chi connectivity index (χ0n) is 16.5. The predicted octanol–water partition coefficient (Wildman–Crippen LogP) is 3.16. The molecule has 2 aromatic rings.